The van der Waals surface area contributed by atoms with E-state index in [1.165, 1.54) is 18.6 Å². The second-order valence-electron chi connectivity index (χ2n) is 5.57. The van der Waals surface area contributed by atoms with Crippen molar-refractivity contribution in [1.82, 2.24) is 10.2 Å². The minimum absolute atomic E-state index is 0.00416. The normalized spacial score (nSPS) is 15.4. The largest absolute Gasteiger partial charge is 0.507 e. The van der Waals surface area contributed by atoms with Crippen LogP contribution in [-0.4, -0.2) is 41.0 Å². The Bertz CT molecular complexity index is 688. The summed E-state index contributed by atoms with van der Waals surface area (Å²) in [7, 11) is 0. The van der Waals surface area contributed by atoms with Crippen LogP contribution in [0.25, 0.3) is 0 Å². The molecule has 23 heavy (non-hydrogen) atoms. The van der Waals surface area contributed by atoms with Gasteiger partial charge in [-0.15, -0.1) is 0 Å². The first kappa shape index (κ1) is 15.1. The smallest absolute Gasteiger partial charge is 0.257 e. The number of rotatable bonds is 3. The van der Waals surface area contributed by atoms with Crippen LogP contribution in [0, 0.1) is 0 Å². The molecular formula is C17H18N2O4. The van der Waals surface area contributed by atoms with Gasteiger partial charge in [0.1, 0.15) is 12.0 Å². The summed E-state index contributed by atoms with van der Waals surface area (Å²) in [6, 6.07) is 8.10. The fourth-order valence-corrected chi connectivity index (χ4v) is 2.72. The molecule has 3 rings (SSSR count). The van der Waals surface area contributed by atoms with Gasteiger partial charge in [-0.3, -0.25) is 9.59 Å². The zero-order valence-electron chi connectivity index (χ0n) is 12.6. The van der Waals surface area contributed by atoms with Gasteiger partial charge >= 0.3 is 0 Å². The summed E-state index contributed by atoms with van der Waals surface area (Å²) in [4.78, 5) is 26.1. The molecule has 0 radical (unpaired) electrons. The summed E-state index contributed by atoms with van der Waals surface area (Å²) in [6.07, 6.45) is 4.28. The molecule has 0 atom stereocenters. The number of carbonyl (C=O) groups is 2. The van der Waals surface area contributed by atoms with Crippen molar-refractivity contribution in [3.63, 3.8) is 0 Å². The summed E-state index contributed by atoms with van der Waals surface area (Å²) in [5.74, 6) is -0.371. The zero-order valence-corrected chi connectivity index (χ0v) is 12.6. The number of para-hydroxylation sites is 1. The Kier molecular flexibility index (Phi) is 4.32. The number of hydrogen-bond acceptors (Lipinski definition) is 4. The van der Waals surface area contributed by atoms with E-state index >= 15 is 0 Å². The highest BCUT2D eigenvalue weighted by atomic mass is 16.3. The number of phenolic OH excluding ortho intramolecular Hbond substituents is 1. The minimum Gasteiger partial charge on any atom is -0.507 e. The van der Waals surface area contributed by atoms with E-state index in [9.17, 15) is 14.7 Å². The average molecular weight is 314 g/mol. The number of nitrogens with one attached hydrogen (secondary N) is 1. The molecule has 0 spiro atoms. The molecule has 6 nitrogen and oxygen atoms in total. The number of phenols is 1. The molecule has 0 aliphatic carbocycles. The quantitative estimate of drug-likeness (QED) is 0.908. The number of likely N-dealkylation sites (tertiary alicyclic amines) is 1. The molecule has 1 aliphatic heterocycles. The molecule has 0 bridgehead atoms. The van der Waals surface area contributed by atoms with Gasteiger partial charge in [-0.1, -0.05) is 12.1 Å². The Morgan fingerprint density at radius 1 is 1.17 bits per heavy atom. The Morgan fingerprint density at radius 2 is 1.91 bits per heavy atom. The molecule has 6 heteroatoms. The molecular weight excluding hydrogens is 296 g/mol. The SMILES string of the molecule is O=C(NC1CCN(C(=O)c2ccoc2)CC1)c1ccccc1O. The fraction of sp³-hybridized carbons (Fsp3) is 0.294. The lowest BCUT2D eigenvalue weighted by atomic mass is 10.0. The summed E-state index contributed by atoms with van der Waals surface area (Å²) < 4.78 is 4.93. The van der Waals surface area contributed by atoms with Gasteiger partial charge in [-0.2, -0.15) is 0 Å². The number of carbonyl (C=O) groups excluding carboxylic acids is 2. The Morgan fingerprint density at radius 3 is 2.57 bits per heavy atom. The third kappa shape index (κ3) is 3.36. The van der Waals surface area contributed by atoms with Gasteiger partial charge in [0, 0.05) is 19.1 Å². The second-order valence-corrected chi connectivity index (χ2v) is 5.57. The monoisotopic (exact) mass is 314 g/mol. The lowest BCUT2D eigenvalue weighted by Gasteiger charge is -2.32. The van der Waals surface area contributed by atoms with Gasteiger partial charge in [-0.05, 0) is 31.0 Å². The summed E-state index contributed by atoms with van der Waals surface area (Å²) in [5.41, 5.74) is 0.811. The molecule has 2 aromatic rings. The first-order chi connectivity index (χ1) is 11.1. The fourth-order valence-electron chi connectivity index (χ4n) is 2.72. The van der Waals surface area contributed by atoms with Crippen LogP contribution in [0.1, 0.15) is 33.6 Å². The first-order valence-electron chi connectivity index (χ1n) is 7.55. The molecule has 1 aromatic heterocycles. The van der Waals surface area contributed by atoms with Crippen LogP contribution in [0.15, 0.2) is 47.3 Å². The maximum Gasteiger partial charge on any atom is 0.257 e. The van der Waals surface area contributed by atoms with Crippen LogP contribution in [0.5, 0.6) is 5.75 Å². The van der Waals surface area contributed by atoms with Gasteiger partial charge < -0.3 is 19.7 Å². The Balaban J connectivity index is 1.54. The lowest BCUT2D eigenvalue weighted by Crippen LogP contribution is -2.46. The van der Waals surface area contributed by atoms with Crippen molar-refractivity contribution in [2.75, 3.05) is 13.1 Å². The summed E-state index contributed by atoms with van der Waals surface area (Å²) >= 11 is 0. The van der Waals surface area contributed by atoms with Crippen molar-refractivity contribution in [2.24, 2.45) is 0 Å². The third-order valence-corrected chi connectivity index (χ3v) is 4.03. The molecule has 120 valence electrons. The second kappa shape index (κ2) is 6.56. The molecule has 1 saturated heterocycles. The highest BCUT2D eigenvalue weighted by Gasteiger charge is 2.25. The Hall–Kier alpha value is -2.76. The molecule has 1 aliphatic rings. The average Bonchev–Trinajstić information content (AvgIpc) is 3.09. The van der Waals surface area contributed by atoms with Crippen molar-refractivity contribution in [3.05, 3.63) is 54.0 Å². The van der Waals surface area contributed by atoms with Gasteiger partial charge in [0.2, 0.25) is 0 Å². The van der Waals surface area contributed by atoms with E-state index in [-0.39, 0.29) is 29.2 Å². The third-order valence-electron chi connectivity index (χ3n) is 4.03. The van der Waals surface area contributed by atoms with Crippen LogP contribution in [0.3, 0.4) is 0 Å². The number of nitrogens with zero attached hydrogens (tertiary/aromatic N) is 1. The molecule has 1 fully saturated rings. The number of piperidine rings is 1. The molecule has 2 heterocycles. The highest BCUT2D eigenvalue weighted by Crippen LogP contribution is 2.18. The maximum atomic E-state index is 12.2. The van der Waals surface area contributed by atoms with Crippen molar-refractivity contribution < 1.29 is 19.1 Å². The number of benzene rings is 1. The van der Waals surface area contributed by atoms with Crippen molar-refractivity contribution >= 4 is 11.8 Å². The number of hydrogen-bond donors (Lipinski definition) is 2. The van der Waals surface area contributed by atoms with Crippen LogP contribution in [0.4, 0.5) is 0 Å². The van der Waals surface area contributed by atoms with E-state index in [1.807, 2.05) is 0 Å². The zero-order chi connectivity index (χ0) is 16.2. The van der Waals surface area contributed by atoms with E-state index in [0.29, 0.717) is 31.5 Å². The number of aromatic hydroxyl groups is 1. The number of amides is 2. The van der Waals surface area contributed by atoms with Crippen LogP contribution < -0.4 is 5.32 Å². The topological polar surface area (TPSA) is 82.8 Å². The summed E-state index contributed by atoms with van der Waals surface area (Å²) in [6.45, 7) is 1.16. The molecule has 0 saturated carbocycles. The van der Waals surface area contributed by atoms with Crippen molar-refractivity contribution in [3.8, 4) is 5.75 Å². The summed E-state index contributed by atoms with van der Waals surface area (Å²) in [5, 5.41) is 12.6. The van der Waals surface area contributed by atoms with E-state index < -0.39 is 0 Å². The van der Waals surface area contributed by atoms with Gasteiger partial charge in [0.15, 0.2) is 0 Å². The lowest BCUT2D eigenvalue weighted by molar-refractivity contribution is 0.0697. The first-order valence-corrected chi connectivity index (χ1v) is 7.55. The van der Waals surface area contributed by atoms with Gasteiger partial charge in [-0.25, -0.2) is 0 Å². The predicted octanol–water partition coefficient (Wildman–Crippen LogP) is 2.02. The molecule has 2 amide bonds. The van der Waals surface area contributed by atoms with Gasteiger partial charge in [0.05, 0.1) is 17.4 Å². The highest BCUT2D eigenvalue weighted by molar-refractivity contribution is 5.97. The Labute approximate surface area is 133 Å². The maximum absolute atomic E-state index is 12.2. The predicted molar refractivity (Wildman–Crippen MR) is 83.2 cm³/mol. The van der Waals surface area contributed by atoms with Crippen LogP contribution in [0.2, 0.25) is 0 Å². The van der Waals surface area contributed by atoms with E-state index in [0.717, 1.165) is 0 Å². The van der Waals surface area contributed by atoms with E-state index in [2.05, 4.69) is 5.32 Å². The van der Waals surface area contributed by atoms with E-state index in [1.54, 1.807) is 29.2 Å². The van der Waals surface area contributed by atoms with E-state index in [4.69, 9.17) is 4.42 Å². The molecule has 1 aromatic carbocycles. The molecule has 0 unspecified atom stereocenters. The number of furan rings is 1. The van der Waals surface area contributed by atoms with Crippen molar-refractivity contribution in [1.29, 1.82) is 0 Å². The van der Waals surface area contributed by atoms with Gasteiger partial charge in [0.25, 0.3) is 11.8 Å². The van der Waals surface area contributed by atoms with Crippen LogP contribution in [-0.2, 0) is 0 Å². The van der Waals surface area contributed by atoms with Crippen LogP contribution >= 0.6 is 0 Å². The molecule has 2 N–H and O–H groups in total. The van der Waals surface area contributed by atoms with Crippen molar-refractivity contribution in [2.45, 2.75) is 18.9 Å². The standard InChI is InChI=1S/C17H18N2O4/c20-15-4-2-1-3-14(15)16(21)18-13-5-8-19(9-6-13)17(22)12-7-10-23-11-12/h1-4,7,10-11,13,20H,5-6,8-9H2,(H,18,21). The minimum atomic E-state index is -0.289.